The van der Waals surface area contributed by atoms with Gasteiger partial charge in [-0.25, -0.2) is 0 Å². The van der Waals surface area contributed by atoms with Crippen LogP contribution in [0.5, 0.6) is 0 Å². The molecule has 0 spiro atoms. The number of allylic oxidation sites excluding steroid dienone is 1. The van der Waals surface area contributed by atoms with Crippen LogP contribution in [0.2, 0.25) is 0 Å². The van der Waals surface area contributed by atoms with Gasteiger partial charge in [0.2, 0.25) is 0 Å². The maximum atomic E-state index is 11.6. The standard InChI is InChI=1S/C12H18O2/c1-3-5-6-10-14-12(4-2)9-7-8-11(12)13/h3-4H,1-2,5-10H2/t12-/m0/s1. The summed E-state index contributed by atoms with van der Waals surface area (Å²) < 4.78 is 5.64. The van der Waals surface area contributed by atoms with Gasteiger partial charge < -0.3 is 4.74 Å². The van der Waals surface area contributed by atoms with Crippen LogP contribution in [0.15, 0.2) is 25.3 Å². The Balaban J connectivity index is 2.41. The van der Waals surface area contributed by atoms with Crippen molar-refractivity contribution in [1.29, 1.82) is 0 Å². The fourth-order valence-corrected chi connectivity index (χ4v) is 1.77. The van der Waals surface area contributed by atoms with Crippen molar-refractivity contribution in [2.75, 3.05) is 6.61 Å². The van der Waals surface area contributed by atoms with Crippen molar-refractivity contribution < 1.29 is 9.53 Å². The molecule has 1 aliphatic rings. The van der Waals surface area contributed by atoms with Gasteiger partial charge in [-0.05, 0) is 25.7 Å². The van der Waals surface area contributed by atoms with E-state index in [1.54, 1.807) is 6.08 Å². The van der Waals surface area contributed by atoms with Crippen LogP contribution in [-0.2, 0) is 9.53 Å². The zero-order valence-electron chi connectivity index (χ0n) is 8.63. The lowest BCUT2D eigenvalue weighted by Crippen LogP contribution is -2.34. The summed E-state index contributed by atoms with van der Waals surface area (Å²) in [5.74, 6) is 0.186. The lowest BCUT2D eigenvalue weighted by Gasteiger charge is -2.23. The monoisotopic (exact) mass is 194 g/mol. The van der Waals surface area contributed by atoms with Gasteiger partial charge in [-0.3, -0.25) is 4.79 Å². The van der Waals surface area contributed by atoms with Gasteiger partial charge >= 0.3 is 0 Å². The summed E-state index contributed by atoms with van der Waals surface area (Å²) in [5, 5.41) is 0. The predicted octanol–water partition coefficient (Wildman–Crippen LogP) is 2.65. The zero-order chi connectivity index (χ0) is 10.4. The second-order valence-corrected chi connectivity index (χ2v) is 3.65. The Hall–Kier alpha value is -0.890. The average molecular weight is 194 g/mol. The first-order valence-electron chi connectivity index (χ1n) is 5.17. The molecule has 0 radical (unpaired) electrons. The maximum Gasteiger partial charge on any atom is 0.168 e. The van der Waals surface area contributed by atoms with Crippen molar-refractivity contribution in [3.05, 3.63) is 25.3 Å². The van der Waals surface area contributed by atoms with E-state index in [9.17, 15) is 4.79 Å². The van der Waals surface area contributed by atoms with Gasteiger partial charge in [-0.2, -0.15) is 0 Å². The highest BCUT2D eigenvalue weighted by atomic mass is 16.5. The summed E-state index contributed by atoms with van der Waals surface area (Å²) in [4.78, 5) is 11.6. The Bertz CT molecular complexity index is 232. The average Bonchev–Trinajstić information content (AvgIpc) is 2.56. The third-order valence-electron chi connectivity index (χ3n) is 2.67. The third-order valence-corrected chi connectivity index (χ3v) is 2.67. The topological polar surface area (TPSA) is 26.3 Å². The van der Waals surface area contributed by atoms with E-state index in [1.165, 1.54) is 0 Å². The molecule has 0 aromatic heterocycles. The second kappa shape index (κ2) is 5.11. The van der Waals surface area contributed by atoms with Crippen LogP contribution >= 0.6 is 0 Å². The van der Waals surface area contributed by atoms with Gasteiger partial charge in [0, 0.05) is 13.0 Å². The van der Waals surface area contributed by atoms with Crippen LogP contribution in [-0.4, -0.2) is 18.0 Å². The number of carbonyl (C=O) groups excluding carboxylic acids is 1. The predicted molar refractivity (Wildman–Crippen MR) is 57.2 cm³/mol. The SMILES string of the molecule is C=CCCCO[C@@]1(C=C)CCCC1=O. The van der Waals surface area contributed by atoms with Crippen LogP contribution in [0.25, 0.3) is 0 Å². The molecule has 1 aliphatic carbocycles. The molecule has 0 aromatic rings. The maximum absolute atomic E-state index is 11.6. The molecule has 0 amide bonds. The van der Waals surface area contributed by atoms with Crippen molar-refractivity contribution in [3.8, 4) is 0 Å². The smallest absolute Gasteiger partial charge is 0.168 e. The third kappa shape index (κ3) is 2.32. The molecule has 78 valence electrons. The summed E-state index contributed by atoms with van der Waals surface area (Å²) >= 11 is 0. The highest BCUT2D eigenvalue weighted by Crippen LogP contribution is 2.31. The van der Waals surface area contributed by atoms with E-state index in [2.05, 4.69) is 13.2 Å². The van der Waals surface area contributed by atoms with E-state index in [0.29, 0.717) is 13.0 Å². The minimum Gasteiger partial charge on any atom is -0.363 e. The highest BCUT2D eigenvalue weighted by molar-refractivity contribution is 5.91. The Labute approximate surface area is 85.6 Å². The Kier molecular flexibility index (Phi) is 4.08. The summed E-state index contributed by atoms with van der Waals surface area (Å²) in [6.45, 7) is 7.95. The Morgan fingerprint density at radius 2 is 2.29 bits per heavy atom. The molecule has 2 heteroatoms. The second-order valence-electron chi connectivity index (χ2n) is 3.65. The largest absolute Gasteiger partial charge is 0.363 e. The van der Waals surface area contributed by atoms with E-state index in [0.717, 1.165) is 25.7 Å². The van der Waals surface area contributed by atoms with Gasteiger partial charge in [-0.15, -0.1) is 6.58 Å². The molecule has 1 fully saturated rings. The number of unbranched alkanes of at least 4 members (excludes halogenated alkanes) is 1. The molecule has 1 atom stereocenters. The van der Waals surface area contributed by atoms with Gasteiger partial charge in [0.25, 0.3) is 0 Å². The molecule has 0 aliphatic heterocycles. The number of ether oxygens (including phenoxy) is 1. The molecule has 0 aromatic carbocycles. The highest BCUT2D eigenvalue weighted by Gasteiger charge is 2.39. The number of hydrogen-bond acceptors (Lipinski definition) is 2. The molecular formula is C12H18O2. The van der Waals surface area contributed by atoms with Crippen molar-refractivity contribution >= 4 is 5.78 Å². The number of carbonyl (C=O) groups is 1. The van der Waals surface area contributed by atoms with E-state index < -0.39 is 5.60 Å². The summed E-state index contributed by atoms with van der Waals surface area (Å²) in [6.07, 6.45) is 7.73. The van der Waals surface area contributed by atoms with Crippen LogP contribution in [0, 0.1) is 0 Å². The van der Waals surface area contributed by atoms with Gasteiger partial charge in [-0.1, -0.05) is 18.7 Å². The van der Waals surface area contributed by atoms with Crippen molar-refractivity contribution in [1.82, 2.24) is 0 Å². The number of hydrogen-bond donors (Lipinski definition) is 0. The molecule has 0 bridgehead atoms. The molecule has 0 saturated heterocycles. The molecule has 0 unspecified atom stereocenters. The lowest BCUT2D eigenvalue weighted by molar-refractivity contribution is -0.134. The molecular weight excluding hydrogens is 176 g/mol. The Morgan fingerprint density at radius 1 is 1.50 bits per heavy atom. The number of Topliss-reactive ketones (excluding diaryl/α,β-unsaturated/α-hetero) is 1. The quantitative estimate of drug-likeness (QED) is 0.480. The van der Waals surface area contributed by atoms with Gasteiger partial charge in [0.15, 0.2) is 5.78 Å². The number of rotatable bonds is 6. The van der Waals surface area contributed by atoms with E-state index in [4.69, 9.17) is 4.74 Å². The van der Waals surface area contributed by atoms with E-state index >= 15 is 0 Å². The fraction of sp³-hybridized carbons (Fsp3) is 0.583. The van der Waals surface area contributed by atoms with Crippen molar-refractivity contribution in [2.45, 2.75) is 37.7 Å². The minimum atomic E-state index is -0.666. The van der Waals surface area contributed by atoms with Crippen LogP contribution in [0.1, 0.15) is 32.1 Å². The summed E-state index contributed by atoms with van der Waals surface area (Å²) in [6, 6.07) is 0. The van der Waals surface area contributed by atoms with Crippen molar-refractivity contribution in [2.24, 2.45) is 0 Å². The summed E-state index contributed by atoms with van der Waals surface area (Å²) in [5.41, 5.74) is -0.666. The molecule has 14 heavy (non-hydrogen) atoms. The summed E-state index contributed by atoms with van der Waals surface area (Å²) in [7, 11) is 0. The minimum absolute atomic E-state index is 0.186. The van der Waals surface area contributed by atoms with Crippen LogP contribution in [0.4, 0.5) is 0 Å². The van der Waals surface area contributed by atoms with E-state index in [-0.39, 0.29) is 5.78 Å². The van der Waals surface area contributed by atoms with Crippen LogP contribution in [0.3, 0.4) is 0 Å². The molecule has 1 saturated carbocycles. The van der Waals surface area contributed by atoms with E-state index in [1.807, 2.05) is 6.08 Å². The molecule has 0 N–H and O–H groups in total. The normalized spacial score (nSPS) is 26.4. The fourth-order valence-electron chi connectivity index (χ4n) is 1.77. The van der Waals surface area contributed by atoms with Crippen LogP contribution < -0.4 is 0 Å². The zero-order valence-corrected chi connectivity index (χ0v) is 8.63. The first kappa shape index (κ1) is 11.2. The molecule has 2 nitrogen and oxygen atoms in total. The first-order chi connectivity index (χ1) is 6.75. The first-order valence-corrected chi connectivity index (χ1v) is 5.17. The van der Waals surface area contributed by atoms with Gasteiger partial charge in [0.1, 0.15) is 5.60 Å². The van der Waals surface area contributed by atoms with Gasteiger partial charge in [0.05, 0.1) is 0 Å². The number of ketones is 1. The van der Waals surface area contributed by atoms with Crippen molar-refractivity contribution in [3.63, 3.8) is 0 Å². The lowest BCUT2D eigenvalue weighted by atomic mass is 10.0. The molecule has 1 rings (SSSR count). The Morgan fingerprint density at radius 3 is 2.79 bits per heavy atom. The molecule has 0 heterocycles.